The van der Waals surface area contributed by atoms with E-state index in [9.17, 15) is 4.79 Å². The molecule has 2 aromatic rings. The molecule has 4 nitrogen and oxygen atoms in total. The van der Waals surface area contributed by atoms with Gasteiger partial charge < -0.3 is 5.73 Å². The average Bonchev–Trinajstić information content (AvgIpc) is 2.29. The monoisotopic (exact) mass is 213 g/mol. The Balaban J connectivity index is 2.54. The first-order valence-electron chi connectivity index (χ1n) is 4.88. The summed E-state index contributed by atoms with van der Waals surface area (Å²) in [5, 5.41) is 0. The molecule has 1 amide bonds. The van der Waals surface area contributed by atoms with Crippen LogP contribution in [0.5, 0.6) is 0 Å². The van der Waals surface area contributed by atoms with E-state index in [4.69, 9.17) is 5.73 Å². The second-order valence-corrected chi connectivity index (χ2v) is 3.45. The van der Waals surface area contributed by atoms with Crippen molar-refractivity contribution in [3.8, 4) is 11.3 Å². The predicted molar refractivity (Wildman–Crippen MR) is 60.7 cm³/mol. The van der Waals surface area contributed by atoms with E-state index in [-0.39, 0.29) is 5.82 Å². The van der Waals surface area contributed by atoms with Gasteiger partial charge in [0.05, 0.1) is 5.69 Å². The zero-order valence-electron chi connectivity index (χ0n) is 8.84. The lowest BCUT2D eigenvalue weighted by Gasteiger charge is -2.03. The summed E-state index contributed by atoms with van der Waals surface area (Å²) in [4.78, 5) is 19.1. The van der Waals surface area contributed by atoms with Crippen molar-refractivity contribution in [1.29, 1.82) is 0 Å². The molecule has 1 heterocycles. The van der Waals surface area contributed by atoms with Crippen LogP contribution in [-0.4, -0.2) is 15.9 Å². The zero-order valence-corrected chi connectivity index (χ0v) is 8.84. The average molecular weight is 213 g/mol. The molecule has 1 aromatic carbocycles. The molecule has 0 aliphatic heterocycles. The van der Waals surface area contributed by atoms with E-state index < -0.39 is 5.91 Å². The quantitative estimate of drug-likeness (QED) is 0.822. The maximum atomic E-state index is 11.0. The largest absolute Gasteiger partial charge is 0.363 e. The lowest BCUT2D eigenvalue weighted by Crippen LogP contribution is -2.16. The van der Waals surface area contributed by atoms with Gasteiger partial charge in [-0.3, -0.25) is 4.79 Å². The van der Waals surface area contributed by atoms with Crippen LogP contribution >= 0.6 is 0 Å². The van der Waals surface area contributed by atoms with E-state index in [2.05, 4.69) is 9.97 Å². The van der Waals surface area contributed by atoms with Gasteiger partial charge >= 0.3 is 0 Å². The number of aromatic nitrogens is 2. The highest BCUT2D eigenvalue weighted by molar-refractivity contribution is 5.89. The number of benzene rings is 1. The molecule has 4 heteroatoms. The lowest BCUT2D eigenvalue weighted by atomic mass is 10.1. The van der Waals surface area contributed by atoms with Crippen LogP contribution in [0.3, 0.4) is 0 Å². The van der Waals surface area contributed by atoms with Gasteiger partial charge in [0.1, 0.15) is 0 Å². The van der Waals surface area contributed by atoms with Crippen LogP contribution in [0.15, 0.2) is 36.4 Å². The Morgan fingerprint density at radius 3 is 2.50 bits per heavy atom. The molecule has 1 aromatic heterocycles. The molecule has 0 unspecified atom stereocenters. The molecule has 0 aliphatic rings. The van der Waals surface area contributed by atoms with Crippen molar-refractivity contribution in [2.75, 3.05) is 0 Å². The van der Waals surface area contributed by atoms with Gasteiger partial charge in [-0.2, -0.15) is 0 Å². The molecule has 80 valence electrons. The van der Waals surface area contributed by atoms with Gasteiger partial charge in [0, 0.05) is 11.3 Å². The van der Waals surface area contributed by atoms with E-state index in [1.165, 1.54) is 0 Å². The van der Waals surface area contributed by atoms with Gasteiger partial charge in [-0.25, -0.2) is 9.97 Å². The SMILES string of the molecule is Cc1cc(-c2ccccc2)nc(C(N)=O)n1. The number of nitrogens with two attached hydrogens (primary N) is 1. The summed E-state index contributed by atoms with van der Waals surface area (Å²) in [5.41, 5.74) is 7.54. The van der Waals surface area contributed by atoms with Gasteiger partial charge in [-0.05, 0) is 13.0 Å². The van der Waals surface area contributed by atoms with Gasteiger partial charge in [0.25, 0.3) is 5.91 Å². The van der Waals surface area contributed by atoms with Gasteiger partial charge in [0.2, 0.25) is 5.82 Å². The van der Waals surface area contributed by atoms with Crippen molar-refractivity contribution in [3.05, 3.63) is 47.9 Å². The minimum absolute atomic E-state index is 0.0545. The Kier molecular flexibility index (Phi) is 2.64. The van der Waals surface area contributed by atoms with Crippen LogP contribution < -0.4 is 5.73 Å². The van der Waals surface area contributed by atoms with Crippen LogP contribution in [0.1, 0.15) is 16.3 Å². The summed E-state index contributed by atoms with van der Waals surface area (Å²) in [6.45, 7) is 1.81. The smallest absolute Gasteiger partial charge is 0.286 e. The van der Waals surface area contributed by atoms with Crippen LogP contribution in [0.2, 0.25) is 0 Å². The third-order valence-electron chi connectivity index (χ3n) is 2.14. The van der Waals surface area contributed by atoms with E-state index in [0.29, 0.717) is 5.69 Å². The second-order valence-electron chi connectivity index (χ2n) is 3.45. The zero-order chi connectivity index (χ0) is 11.5. The Bertz CT molecular complexity index is 523. The fourth-order valence-electron chi connectivity index (χ4n) is 1.44. The number of carbonyl (C=O) groups is 1. The molecular formula is C12H11N3O. The third kappa shape index (κ3) is 2.06. The fraction of sp³-hybridized carbons (Fsp3) is 0.0833. The minimum Gasteiger partial charge on any atom is -0.363 e. The highest BCUT2D eigenvalue weighted by Gasteiger charge is 2.08. The highest BCUT2D eigenvalue weighted by atomic mass is 16.1. The van der Waals surface area contributed by atoms with Crippen molar-refractivity contribution in [2.45, 2.75) is 6.92 Å². The summed E-state index contributed by atoms with van der Waals surface area (Å²) in [7, 11) is 0. The molecule has 0 saturated carbocycles. The van der Waals surface area contributed by atoms with Crippen molar-refractivity contribution in [2.24, 2.45) is 5.73 Å². The van der Waals surface area contributed by atoms with Gasteiger partial charge in [0.15, 0.2) is 0 Å². The van der Waals surface area contributed by atoms with Crippen molar-refractivity contribution >= 4 is 5.91 Å². The molecule has 16 heavy (non-hydrogen) atoms. The number of aryl methyl sites for hydroxylation is 1. The van der Waals surface area contributed by atoms with Crippen LogP contribution in [-0.2, 0) is 0 Å². The van der Waals surface area contributed by atoms with Crippen LogP contribution in [0.25, 0.3) is 11.3 Å². The lowest BCUT2D eigenvalue weighted by molar-refractivity contribution is 0.0990. The summed E-state index contributed by atoms with van der Waals surface area (Å²) in [5.74, 6) is -0.556. The molecule has 0 spiro atoms. The molecule has 2 N–H and O–H groups in total. The molecule has 0 fully saturated rings. The Labute approximate surface area is 93.2 Å². The van der Waals surface area contributed by atoms with Crippen LogP contribution in [0, 0.1) is 6.92 Å². The number of nitrogens with zero attached hydrogens (tertiary/aromatic N) is 2. The first-order chi connectivity index (χ1) is 7.66. The van der Waals surface area contributed by atoms with E-state index >= 15 is 0 Å². The van der Waals surface area contributed by atoms with Gasteiger partial charge in [-0.1, -0.05) is 30.3 Å². The van der Waals surface area contributed by atoms with Crippen molar-refractivity contribution in [3.63, 3.8) is 0 Å². The number of hydrogen-bond donors (Lipinski definition) is 1. The number of primary amides is 1. The van der Waals surface area contributed by atoms with E-state index in [0.717, 1.165) is 11.3 Å². The Hall–Kier alpha value is -2.23. The fourth-order valence-corrected chi connectivity index (χ4v) is 1.44. The van der Waals surface area contributed by atoms with Gasteiger partial charge in [-0.15, -0.1) is 0 Å². The number of carbonyl (C=O) groups excluding carboxylic acids is 1. The molecular weight excluding hydrogens is 202 g/mol. The summed E-state index contributed by atoms with van der Waals surface area (Å²) in [6, 6.07) is 11.4. The first-order valence-corrected chi connectivity index (χ1v) is 4.88. The molecule has 0 saturated heterocycles. The molecule has 0 atom stereocenters. The van der Waals surface area contributed by atoms with E-state index in [1.54, 1.807) is 6.92 Å². The van der Waals surface area contributed by atoms with Crippen LogP contribution in [0.4, 0.5) is 0 Å². The predicted octanol–water partition coefficient (Wildman–Crippen LogP) is 1.55. The van der Waals surface area contributed by atoms with Crippen molar-refractivity contribution in [1.82, 2.24) is 9.97 Å². The summed E-state index contributed by atoms with van der Waals surface area (Å²) in [6.07, 6.45) is 0. The number of amides is 1. The topological polar surface area (TPSA) is 68.9 Å². The first kappa shape index (κ1) is 10.3. The van der Waals surface area contributed by atoms with E-state index in [1.807, 2.05) is 36.4 Å². The standard InChI is InChI=1S/C12H11N3O/c1-8-7-10(9-5-3-2-4-6-9)15-12(14-8)11(13)16/h2-7H,1H3,(H2,13,16). The second kappa shape index (κ2) is 4.10. The maximum absolute atomic E-state index is 11.0. The molecule has 0 aliphatic carbocycles. The molecule has 2 rings (SSSR count). The summed E-state index contributed by atoms with van der Waals surface area (Å²) < 4.78 is 0. The summed E-state index contributed by atoms with van der Waals surface area (Å²) >= 11 is 0. The molecule has 0 bridgehead atoms. The maximum Gasteiger partial charge on any atom is 0.286 e. The number of hydrogen-bond acceptors (Lipinski definition) is 3. The van der Waals surface area contributed by atoms with Crippen molar-refractivity contribution < 1.29 is 4.79 Å². The normalized spacial score (nSPS) is 10.1. The highest BCUT2D eigenvalue weighted by Crippen LogP contribution is 2.16. The molecule has 0 radical (unpaired) electrons. The third-order valence-corrected chi connectivity index (χ3v) is 2.14. The Morgan fingerprint density at radius 1 is 1.19 bits per heavy atom. The number of rotatable bonds is 2. The Morgan fingerprint density at radius 2 is 1.88 bits per heavy atom. The minimum atomic E-state index is -0.610.